The summed E-state index contributed by atoms with van der Waals surface area (Å²) in [5.74, 6) is -1.99. The van der Waals surface area contributed by atoms with Crippen molar-refractivity contribution in [3.8, 4) is 5.75 Å². The van der Waals surface area contributed by atoms with Crippen LogP contribution in [0.3, 0.4) is 0 Å². The molecule has 0 radical (unpaired) electrons. The van der Waals surface area contributed by atoms with Gasteiger partial charge in [0.1, 0.15) is 11.4 Å². The van der Waals surface area contributed by atoms with Crippen LogP contribution in [0.25, 0.3) is 0 Å². The van der Waals surface area contributed by atoms with Gasteiger partial charge in [0.05, 0.1) is 11.5 Å². The number of alkyl halides is 3. The molecular weight excluding hydrogens is 561 g/mol. The van der Waals surface area contributed by atoms with Gasteiger partial charge in [0, 0.05) is 6.54 Å². The summed E-state index contributed by atoms with van der Waals surface area (Å²) in [6, 6.07) is 26.1. The van der Waals surface area contributed by atoms with Crippen molar-refractivity contribution in [1.29, 1.82) is 0 Å². The largest absolute Gasteiger partial charge is 0.494 e. The highest BCUT2D eigenvalue weighted by atomic mass is 32.2. The second-order valence-electron chi connectivity index (χ2n) is 9.64. The SMILES string of the molecule is NS(=O)(=O)c1ccc(OCCCN2CCC(C(O)(c3ccccc3)c3ccccc3)CC2)cc1.O=C(O)C(F)(F)F. The smallest absolute Gasteiger partial charge is 0.490 e. The number of ether oxygens (including phenoxy) is 1. The number of carboxylic acids is 1. The lowest BCUT2D eigenvalue weighted by Crippen LogP contribution is -2.44. The molecule has 8 nitrogen and oxygen atoms in total. The van der Waals surface area contributed by atoms with Crippen LogP contribution in [0.1, 0.15) is 30.4 Å². The zero-order valence-electron chi connectivity index (χ0n) is 22.2. The van der Waals surface area contributed by atoms with Crippen molar-refractivity contribution in [2.24, 2.45) is 11.1 Å². The Labute approximate surface area is 237 Å². The minimum absolute atomic E-state index is 0.0775. The Morgan fingerprint density at radius 3 is 1.78 bits per heavy atom. The van der Waals surface area contributed by atoms with Gasteiger partial charge in [-0.15, -0.1) is 0 Å². The molecule has 0 saturated carbocycles. The molecule has 41 heavy (non-hydrogen) atoms. The maximum absolute atomic E-state index is 12.0. The molecule has 0 aromatic heterocycles. The average Bonchev–Trinajstić information content (AvgIpc) is 2.96. The summed E-state index contributed by atoms with van der Waals surface area (Å²) in [6.07, 6.45) is -2.39. The number of aliphatic carboxylic acids is 1. The fourth-order valence-electron chi connectivity index (χ4n) is 4.80. The minimum atomic E-state index is -5.08. The van der Waals surface area contributed by atoms with Gasteiger partial charge in [0.2, 0.25) is 10.0 Å². The molecule has 12 heteroatoms. The van der Waals surface area contributed by atoms with E-state index in [1.807, 2.05) is 60.7 Å². The number of hydrogen-bond acceptors (Lipinski definition) is 6. The first kappa shape index (κ1) is 32.1. The molecule has 222 valence electrons. The number of nitrogens with zero attached hydrogens (tertiary/aromatic N) is 1. The van der Waals surface area contributed by atoms with Gasteiger partial charge in [-0.2, -0.15) is 13.2 Å². The Bertz CT molecular complexity index is 1310. The summed E-state index contributed by atoms with van der Waals surface area (Å²) in [5.41, 5.74) is 0.893. The summed E-state index contributed by atoms with van der Waals surface area (Å²) in [4.78, 5) is 11.4. The van der Waals surface area contributed by atoms with Crippen LogP contribution in [0.15, 0.2) is 89.8 Å². The van der Waals surface area contributed by atoms with Gasteiger partial charge >= 0.3 is 12.1 Å². The number of hydrogen-bond donors (Lipinski definition) is 3. The number of carbonyl (C=O) groups is 1. The molecule has 0 amide bonds. The van der Waals surface area contributed by atoms with E-state index < -0.39 is 27.8 Å². The van der Waals surface area contributed by atoms with Crippen molar-refractivity contribution in [2.45, 2.75) is 35.9 Å². The van der Waals surface area contributed by atoms with Crippen molar-refractivity contribution in [3.63, 3.8) is 0 Å². The van der Waals surface area contributed by atoms with Crippen molar-refractivity contribution in [1.82, 2.24) is 4.90 Å². The maximum Gasteiger partial charge on any atom is 0.490 e. The van der Waals surface area contributed by atoms with Gasteiger partial charge in [-0.3, -0.25) is 0 Å². The zero-order chi connectivity index (χ0) is 30.1. The Kier molecular flexibility index (Phi) is 10.9. The molecule has 1 heterocycles. The predicted molar refractivity (Wildman–Crippen MR) is 147 cm³/mol. The number of benzene rings is 3. The number of nitrogens with two attached hydrogens (primary N) is 1. The first-order valence-electron chi connectivity index (χ1n) is 12.9. The summed E-state index contributed by atoms with van der Waals surface area (Å²) in [7, 11) is -3.69. The molecule has 0 spiro atoms. The third kappa shape index (κ3) is 9.02. The molecule has 1 aliphatic heterocycles. The van der Waals surface area contributed by atoms with E-state index in [2.05, 4.69) is 4.90 Å². The summed E-state index contributed by atoms with van der Waals surface area (Å²) >= 11 is 0. The predicted octanol–water partition coefficient (Wildman–Crippen LogP) is 4.38. The van der Waals surface area contributed by atoms with Crippen molar-refractivity contribution in [3.05, 3.63) is 96.1 Å². The van der Waals surface area contributed by atoms with Crippen LogP contribution in [0.4, 0.5) is 13.2 Å². The first-order valence-corrected chi connectivity index (χ1v) is 14.5. The Hall–Kier alpha value is -3.45. The summed E-state index contributed by atoms with van der Waals surface area (Å²) in [6.45, 7) is 3.31. The number of aliphatic hydroxyl groups is 1. The second-order valence-corrected chi connectivity index (χ2v) is 11.2. The number of sulfonamides is 1. The van der Waals surface area contributed by atoms with E-state index in [-0.39, 0.29) is 10.8 Å². The fraction of sp³-hybridized carbons (Fsp3) is 0.345. The number of carboxylic acid groups (broad SMARTS) is 1. The fourth-order valence-corrected chi connectivity index (χ4v) is 5.32. The molecule has 0 atom stereocenters. The van der Waals surface area contributed by atoms with Crippen molar-refractivity contribution >= 4 is 16.0 Å². The molecule has 4 N–H and O–H groups in total. The number of rotatable bonds is 9. The molecule has 1 saturated heterocycles. The van der Waals surface area contributed by atoms with Crippen LogP contribution in [0.5, 0.6) is 5.75 Å². The van der Waals surface area contributed by atoms with Crippen LogP contribution in [-0.4, -0.2) is 61.9 Å². The van der Waals surface area contributed by atoms with E-state index in [0.29, 0.717) is 12.4 Å². The Morgan fingerprint density at radius 1 is 0.902 bits per heavy atom. The van der Waals surface area contributed by atoms with E-state index >= 15 is 0 Å². The number of halogens is 3. The Morgan fingerprint density at radius 2 is 1.37 bits per heavy atom. The lowest BCUT2D eigenvalue weighted by atomic mass is 9.72. The van der Waals surface area contributed by atoms with Crippen LogP contribution in [-0.2, 0) is 20.4 Å². The highest BCUT2D eigenvalue weighted by Crippen LogP contribution is 2.41. The standard InChI is InChI=1S/C27H32N2O4S.C2HF3O2/c28-34(31,32)26-14-12-25(13-15-26)33-21-7-18-29-19-16-24(17-20-29)27(30,22-8-3-1-4-9-22)23-10-5-2-6-11-23;3-2(4,5)1(6)7/h1-6,8-15,24,30H,7,16-21H2,(H2,28,31,32);(H,6,7). The van der Waals surface area contributed by atoms with E-state index in [9.17, 15) is 26.7 Å². The first-order chi connectivity index (χ1) is 19.3. The number of primary sulfonamides is 1. The molecule has 0 unspecified atom stereocenters. The van der Waals surface area contributed by atoms with Gasteiger partial charge in [0.25, 0.3) is 0 Å². The molecular formula is C29H33F3N2O6S. The quantitative estimate of drug-likeness (QED) is 0.314. The number of piperidine rings is 1. The van der Waals surface area contributed by atoms with Crippen molar-refractivity contribution < 1.29 is 41.3 Å². The lowest BCUT2D eigenvalue weighted by Gasteiger charge is -2.42. The highest BCUT2D eigenvalue weighted by molar-refractivity contribution is 7.89. The van der Waals surface area contributed by atoms with E-state index in [4.69, 9.17) is 19.8 Å². The van der Waals surface area contributed by atoms with Crippen molar-refractivity contribution in [2.75, 3.05) is 26.2 Å². The van der Waals surface area contributed by atoms with Gasteiger partial charge in [-0.05, 0) is 73.7 Å². The average molecular weight is 595 g/mol. The molecule has 3 aromatic rings. The maximum atomic E-state index is 12.0. The number of likely N-dealkylation sites (tertiary alicyclic amines) is 1. The molecule has 3 aromatic carbocycles. The van der Waals surface area contributed by atoms with Gasteiger partial charge < -0.3 is 19.8 Å². The van der Waals surface area contributed by atoms with E-state index in [1.54, 1.807) is 12.1 Å². The lowest BCUT2D eigenvalue weighted by molar-refractivity contribution is -0.192. The van der Waals surface area contributed by atoms with E-state index in [1.165, 1.54) is 12.1 Å². The van der Waals surface area contributed by atoms with Crippen LogP contribution in [0, 0.1) is 5.92 Å². The van der Waals surface area contributed by atoms with Crippen LogP contribution in [0.2, 0.25) is 0 Å². The molecule has 1 aliphatic rings. The second kappa shape index (κ2) is 13.9. The summed E-state index contributed by atoms with van der Waals surface area (Å²) in [5, 5.41) is 24.2. The monoisotopic (exact) mass is 594 g/mol. The molecule has 1 fully saturated rings. The van der Waals surface area contributed by atoms with E-state index in [0.717, 1.165) is 50.0 Å². The van der Waals surface area contributed by atoms with Gasteiger partial charge in [-0.1, -0.05) is 60.7 Å². The molecule has 4 rings (SSSR count). The van der Waals surface area contributed by atoms with Crippen LogP contribution < -0.4 is 9.88 Å². The summed E-state index contributed by atoms with van der Waals surface area (Å²) < 4.78 is 60.2. The molecule has 0 aliphatic carbocycles. The normalized spacial score (nSPS) is 15.0. The third-order valence-corrected chi connectivity index (χ3v) is 7.82. The van der Waals surface area contributed by atoms with Gasteiger partial charge in [0.15, 0.2) is 0 Å². The minimum Gasteiger partial charge on any atom is -0.494 e. The van der Waals surface area contributed by atoms with Gasteiger partial charge in [-0.25, -0.2) is 18.4 Å². The topological polar surface area (TPSA) is 130 Å². The zero-order valence-corrected chi connectivity index (χ0v) is 23.0. The molecule has 0 bridgehead atoms. The highest BCUT2D eigenvalue weighted by Gasteiger charge is 2.41. The Balaban J connectivity index is 0.000000587. The third-order valence-electron chi connectivity index (χ3n) is 6.89. The van der Waals surface area contributed by atoms with Crippen LogP contribution >= 0.6 is 0 Å².